The van der Waals surface area contributed by atoms with Gasteiger partial charge in [-0.1, -0.05) is 18.2 Å². The predicted octanol–water partition coefficient (Wildman–Crippen LogP) is 3.33. The minimum atomic E-state index is -1.28. The van der Waals surface area contributed by atoms with Crippen LogP contribution in [0.15, 0.2) is 42.7 Å². The lowest BCUT2D eigenvalue weighted by Crippen LogP contribution is -2.36. The van der Waals surface area contributed by atoms with Crippen molar-refractivity contribution in [3.8, 4) is 5.69 Å². The molecule has 2 amide bonds. The molecule has 1 fully saturated rings. The Kier molecular flexibility index (Phi) is 6.53. The summed E-state index contributed by atoms with van der Waals surface area (Å²) >= 11 is 0. The van der Waals surface area contributed by atoms with Crippen molar-refractivity contribution in [3.05, 3.63) is 82.7 Å². The second-order valence-electron chi connectivity index (χ2n) is 9.31. The van der Waals surface area contributed by atoms with Gasteiger partial charge in [0.15, 0.2) is 17.3 Å². The molecule has 7 nitrogen and oxygen atoms in total. The fourth-order valence-corrected chi connectivity index (χ4v) is 4.91. The Morgan fingerprint density at radius 1 is 0.972 bits per heavy atom. The highest BCUT2D eigenvalue weighted by molar-refractivity contribution is 5.94. The van der Waals surface area contributed by atoms with Crippen molar-refractivity contribution >= 4 is 11.8 Å². The first kappa shape index (κ1) is 24.1. The molecule has 36 heavy (non-hydrogen) atoms. The van der Waals surface area contributed by atoms with E-state index in [2.05, 4.69) is 4.98 Å². The zero-order valence-electron chi connectivity index (χ0n) is 19.6. The van der Waals surface area contributed by atoms with Gasteiger partial charge in [-0.05, 0) is 42.5 Å². The van der Waals surface area contributed by atoms with Crippen molar-refractivity contribution < 1.29 is 22.8 Å². The summed E-state index contributed by atoms with van der Waals surface area (Å²) in [7, 11) is 0. The minimum Gasteiger partial charge on any atom is -0.337 e. The van der Waals surface area contributed by atoms with Gasteiger partial charge in [0, 0.05) is 38.2 Å². The van der Waals surface area contributed by atoms with E-state index in [4.69, 9.17) is 5.73 Å². The van der Waals surface area contributed by atoms with E-state index in [0.29, 0.717) is 37.1 Å². The second kappa shape index (κ2) is 9.77. The minimum absolute atomic E-state index is 0.0908. The normalized spacial score (nSPS) is 15.9. The van der Waals surface area contributed by atoms with Gasteiger partial charge >= 0.3 is 0 Å². The Morgan fingerprint density at radius 3 is 2.47 bits per heavy atom. The van der Waals surface area contributed by atoms with Crippen molar-refractivity contribution in [3.63, 3.8) is 0 Å². The average molecular weight is 498 g/mol. The highest BCUT2D eigenvalue weighted by atomic mass is 19.2. The standard InChI is InChI=1S/C26H26F3N5O2/c27-19-12-21(29)20(28)10-17(19)9-18(30)11-24(35)33-13-16-5-1-2-6-22(16)34-15-31-25(23(34)14-33)26(36)32-7-3-4-8-32/h1-2,5-6,10,12,15,18H,3-4,7-9,11,13-14,30H2. The van der Waals surface area contributed by atoms with Crippen LogP contribution in [-0.4, -0.2) is 50.3 Å². The number of halogens is 3. The van der Waals surface area contributed by atoms with Gasteiger partial charge < -0.3 is 20.1 Å². The Bertz CT molecular complexity index is 1320. The number of hydrogen-bond donors (Lipinski definition) is 1. The van der Waals surface area contributed by atoms with Crippen LogP contribution >= 0.6 is 0 Å². The van der Waals surface area contributed by atoms with E-state index >= 15 is 0 Å². The summed E-state index contributed by atoms with van der Waals surface area (Å²) in [5, 5.41) is 0. The summed E-state index contributed by atoms with van der Waals surface area (Å²) in [5.74, 6) is -3.81. The van der Waals surface area contributed by atoms with E-state index in [-0.39, 0.29) is 36.8 Å². The third-order valence-corrected chi connectivity index (χ3v) is 6.78. The lowest BCUT2D eigenvalue weighted by molar-refractivity contribution is -0.132. The first-order valence-corrected chi connectivity index (χ1v) is 11.9. The monoisotopic (exact) mass is 497 g/mol. The number of likely N-dealkylation sites (tertiary alicyclic amines) is 1. The van der Waals surface area contributed by atoms with Crippen molar-refractivity contribution in [2.75, 3.05) is 13.1 Å². The molecule has 2 aliphatic heterocycles. The molecule has 10 heteroatoms. The molecular formula is C26H26F3N5O2. The molecule has 1 saturated heterocycles. The van der Waals surface area contributed by atoms with E-state index in [0.717, 1.165) is 30.2 Å². The highest BCUT2D eigenvalue weighted by Gasteiger charge is 2.31. The fourth-order valence-electron chi connectivity index (χ4n) is 4.91. The lowest BCUT2D eigenvalue weighted by Gasteiger charge is -2.23. The lowest BCUT2D eigenvalue weighted by atomic mass is 10.0. The first-order chi connectivity index (χ1) is 17.3. The number of carbonyl (C=O) groups is 2. The topological polar surface area (TPSA) is 84.5 Å². The van der Waals surface area contributed by atoms with Crippen molar-refractivity contribution in [2.45, 2.75) is 44.8 Å². The molecule has 0 aliphatic carbocycles. The summed E-state index contributed by atoms with van der Waals surface area (Å²) in [4.78, 5) is 34.3. The van der Waals surface area contributed by atoms with E-state index in [1.165, 1.54) is 0 Å². The molecule has 2 aromatic carbocycles. The first-order valence-electron chi connectivity index (χ1n) is 11.9. The number of amides is 2. The maximum atomic E-state index is 14.1. The fraction of sp³-hybridized carbons (Fsp3) is 0.346. The van der Waals surface area contributed by atoms with Crippen LogP contribution in [0.25, 0.3) is 5.69 Å². The molecule has 1 aromatic heterocycles. The largest absolute Gasteiger partial charge is 0.337 e. The summed E-state index contributed by atoms with van der Waals surface area (Å²) in [6.07, 6.45) is 3.25. The number of para-hydroxylation sites is 1. The number of fused-ring (bicyclic) bond motifs is 3. The Labute approximate surface area is 206 Å². The quantitative estimate of drug-likeness (QED) is 0.548. The van der Waals surface area contributed by atoms with E-state index in [1.807, 2.05) is 28.8 Å². The second-order valence-corrected chi connectivity index (χ2v) is 9.31. The molecule has 0 saturated carbocycles. The Hall–Kier alpha value is -3.66. The molecule has 0 radical (unpaired) electrons. The molecule has 1 unspecified atom stereocenters. The van der Waals surface area contributed by atoms with Crippen molar-refractivity contribution in [1.82, 2.24) is 19.4 Å². The summed E-state index contributed by atoms with van der Waals surface area (Å²) in [6.45, 7) is 1.80. The maximum absolute atomic E-state index is 14.1. The molecule has 188 valence electrons. The van der Waals surface area contributed by atoms with Gasteiger partial charge in [-0.2, -0.15) is 0 Å². The zero-order chi connectivity index (χ0) is 25.4. The number of imidazole rings is 1. The van der Waals surface area contributed by atoms with Gasteiger partial charge in [0.05, 0.1) is 17.9 Å². The zero-order valence-corrected chi connectivity index (χ0v) is 19.6. The van der Waals surface area contributed by atoms with E-state index < -0.39 is 23.5 Å². The van der Waals surface area contributed by atoms with Gasteiger partial charge in [0.1, 0.15) is 12.1 Å². The van der Waals surface area contributed by atoms with Gasteiger partial charge in [0.25, 0.3) is 5.91 Å². The molecule has 2 aliphatic rings. The van der Waals surface area contributed by atoms with Crippen LogP contribution in [0.4, 0.5) is 13.2 Å². The number of aromatic nitrogens is 2. The summed E-state index contributed by atoms with van der Waals surface area (Å²) < 4.78 is 42.8. The van der Waals surface area contributed by atoms with E-state index in [9.17, 15) is 22.8 Å². The van der Waals surface area contributed by atoms with Crippen LogP contribution in [0.3, 0.4) is 0 Å². The number of nitrogens with zero attached hydrogens (tertiary/aromatic N) is 4. The average Bonchev–Trinajstić information content (AvgIpc) is 3.50. The predicted molar refractivity (Wildman–Crippen MR) is 126 cm³/mol. The summed E-state index contributed by atoms with van der Waals surface area (Å²) in [6, 6.07) is 8.01. The van der Waals surface area contributed by atoms with Gasteiger partial charge in [0.2, 0.25) is 5.91 Å². The number of nitrogens with two attached hydrogens (primary N) is 1. The smallest absolute Gasteiger partial charge is 0.274 e. The van der Waals surface area contributed by atoms with E-state index in [1.54, 1.807) is 16.1 Å². The van der Waals surface area contributed by atoms with Crippen LogP contribution in [0.2, 0.25) is 0 Å². The molecule has 2 N–H and O–H groups in total. The molecule has 3 aromatic rings. The SMILES string of the molecule is NC(CC(=O)N1Cc2ccccc2-n2cnc(C(=O)N3CCCC3)c2C1)Cc1cc(F)c(F)cc1F. The molecule has 0 spiro atoms. The van der Waals surface area contributed by atoms with Crippen LogP contribution in [0.1, 0.15) is 46.6 Å². The Balaban J connectivity index is 1.39. The van der Waals surface area contributed by atoms with Crippen LogP contribution in [0, 0.1) is 17.5 Å². The maximum Gasteiger partial charge on any atom is 0.274 e. The molecular weight excluding hydrogens is 471 g/mol. The third kappa shape index (κ3) is 4.60. The number of rotatable bonds is 5. The van der Waals surface area contributed by atoms with Crippen molar-refractivity contribution in [2.24, 2.45) is 5.73 Å². The molecule has 0 bridgehead atoms. The molecule has 1 atom stereocenters. The highest BCUT2D eigenvalue weighted by Crippen LogP contribution is 2.28. The van der Waals surface area contributed by atoms with Crippen LogP contribution < -0.4 is 5.73 Å². The van der Waals surface area contributed by atoms with Gasteiger partial charge in [-0.15, -0.1) is 0 Å². The Morgan fingerprint density at radius 2 is 1.69 bits per heavy atom. The van der Waals surface area contributed by atoms with Crippen LogP contribution in [-0.2, 0) is 24.3 Å². The number of hydrogen-bond acceptors (Lipinski definition) is 4. The van der Waals surface area contributed by atoms with Crippen LogP contribution in [0.5, 0.6) is 0 Å². The van der Waals surface area contributed by atoms with Crippen molar-refractivity contribution in [1.29, 1.82) is 0 Å². The third-order valence-electron chi connectivity index (χ3n) is 6.78. The van der Waals surface area contributed by atoms with Gasteiger partial charge in [-0.25, -0.2) is 18.2 Å². The molecule has 5 rings (SSSR count). The number of carbonyl (C=O) groups excluding carboxylic acids is 2. The molecule has 3 heterocycles. The van der Waals surface area contributed by atoms with Gasteiger partial charge in [-0.3, -0.25) is 9.59 Å². The number of benzene rings is 2. The summed E-state index contributed by atoms with van der Waals surface area (Å²) in [5.41, 5.74) is 8.69.